The molecule has 3 nitrogen and oxygen atoms in total. The van der Waals surface area contributed by atoms with Gasteiger partial charge >= 0.3 is 0 Å². The Bertz CT molecular complexity index is 713. The molecule has 0 spiro atoms. The number of sulfone groups is 1. The third-order valence-corrected chi connectivity index (χ3v) is 4.40. The van der Waals surface area contributed by atoms with E-state index in [4.69, 9.17) is 17.3 Å². The molecule has 2 N–H and O–H groups in total. The molecule has 0 aliphatic heterocycles. The van der Waals surface area contributed by atoms with Gasteiger partial charge in [0.05, 0.1) is 4.90 Å². The molecule has 5 heteroatoms. The number of rotatable bonds is 4. The van der Waals surface area contributed by atoms with Crippen LogP contribution >= 0.6 is 11.6 Å². The first-order chi connectivity index (χ1) is 9.36. The van der Waals surface area contributed by atoms with Crippen LogP contribution in [-0.2, 0) is 16.3 Å². The standard InChI is InChI=1S/C15H16ClNO2S/c1-20(18,19)14-7-3-5-12(10-14)15(17)9-11-4-2-6-13(16)8-11/h2-8,10,15H,9,17H2,1H3. The predicted molar refractivity (Wildman–Crippen MR) is 81.6 cm³/mol. The Morgan fingerprint density at radius 2 is 1.85 bits per heavy atom. The summed E-state index contributed by atoms with van der Waals surface area (Å²) in [6.45, 7) is 0. The zero-order chi connectivity index (χ0) is 14.8. The molecule has 2 aromatic carbocycles. The zero-order valence-corrected chi connectivity index (χ0v) is 12.7. The molecule has 0 radical (unpaired) electrons. The van der Waals surface area contributed by atoms with Gasteiger partial charge in [0.25, 0.3) is 0 Å². The minimum Gasteiger partial charge on any atom is -0.324 e. The lowest BCUT2D eigenvalue weighted by Gasteiger charge is -2.13. The largest absolute Gasteiger partial charge is 0.324 e. The van der Waals surface area contributed by atoms with Gasteiger partial charge in [-0.2, -0.15) is 0 Å². The van der Waals surface area contributed by atoms with Gasteiger partial charge in [0.1, 0.15) is 0 Å². The SMILES string of the molecule is CS(=O)(=O)c1cccc(C(N)Cc2cccc(Cl)c2)c1. The van der Waals surface area contributed by atoms with Gasteiger partial charge in [0, 0.05) is 17.3 Å². The Kier molecular flexibility index (Phi) is 4.48. The number of nitrogens with two attached hydrogens (primary N) is 1. The highest BCUT2D eigenvalue weighted by atomic mass is 35.5. The minimum absolute atomic E-state index is 0.268. The summed E-state index contributed by atoms with van der Waals surface area (Å²) < 4.78 is 23.1. The van der Waals surface area contributed by atoms with Crippen LogP contribution in [0.3, 0.4) is 0 Å². The summed E-state index contributed by atoms with van der Waals surface area (Å²) in [6.07, 6.45) is 1.79. The second kappa shape index (κ2) is 5.95. The van der Waals surface area contributed by atoms with Gasteiger partial charge in [-0.25, -0.2) is 8.42 Å². The second-order valence-corrected chi connectivity index (χ2v) is 7.24. The third-order valence-electron chi connectivity index (χ3n) is 3.06. The summed E-state index contributed by atoms with van der Waals surface area (Å²) in [5.74, 6) is 0. The first-order valence-corrected chi connectivity index (χ1v) is 8.43. The Morgan fingerprint density at radius 1 is 1.15 bits per heavy atom. The average Bonchev–Trinajstić information content (AvgIpc) is 2.38. The molecule has 0 saturated carbocycles. The molecule has 0 aromatic heterocycles. The van der Waals surface area contributed by atoms with Gasteiger partial charge in [0.2, 0.25) is 0 Å². The van der Waals surface area contributed by atoms with Crippen LogP contribution in [0.4, 0.5) is 0 Å². The maximum atomic E-state index is 11.6. The van der Waals surface area contributed by atoms with E-state index in [1.54, 1.807) is 24.3 Å². The summed E-state index contributed by atoms with van der Waals surface area (Å²) in [5.41, 5.74) is 7.97. The fourth-order valence-corrected chi connectivity index (χ4v) is 2.90. The molecule has 0 aliphatic carbocycles. The summed E-state index contributed by atoms with van der Waals surface area (Å²) in [7, 11) is -3.22. The highest BCUT2D eigenvalue weighted by Crippen LogP contribution is 2.21. The fraction of sp³-hybridized carbons (Fsp3) is 0.200. The molecular formula is C15H16ClNO2S. The Morgan fingerprint density at radius 3 is 2.50 bits per heavy atom. The molecule has 1 atom stereocenters. The van der Waals surface area contributed by atoms with E-state index in [0.29, 0.717) is 11.4 Å². The molecule has 0 heterocycles. The fourth-order valence-electron chi connectivity index (χ4n) is 2.01. The van der Waals surface area contributed by atoms with Crippen molar-refractivity contribution >= 4 is 21.4 Å². The molecular weight excluding hydrogens is 294 g/mol. The van der Waals surface area contributed by atoms with Crippen LogP contribution in [0, 0.1) is 0 Å². The maximum Gasteiger partial charge on any atom is 0.175 e. The lowest BCUT2D eigenvalue weighted by atomic mass is 10.00. The van der Waals surface area contributed by atoms with E-state index >= 15 is 0 Å². The van der Waals surface area contributed by atoms with Crippen molar-refractivity contribution < 1.29 is 8.42 Å². The van der Waals surface area contributed by atoms with E-state index < -0.39 is 9.84 Å². The number of halogens is 1. The van der Waals surface area contributed by atoms with E-state index in [2.05, 4.69) is 0 Å². The Hall–Kier alpha value is -1.36. The minimum atomic E-state index is -3.22. The van der Waals surface area contributed by atoms with Gasteiger partial charge in [-0.05, 0) is 41.8 Å². The molecule has 0 aliphatic rings. The first kappa shape index (κ1) is 15.0. The Balaban J connectivity index is 2.23. The molecule has 0 bridgehead atoms. The van der Waals surface area contributed by atoms with Gasteiger partial charge in [-0.3, -0.25) is 0 Å². The van der Waals surface area contributed by atoms with Crippen LogP contribution in [0.25, 0.3) is 0 Å². The van der Waals surface area contributed by atoms with Crippen molar-refractivity contribution in [3.8, 4) is 0 Å². The number of benzene rings is 2. The van der Waals surface area contributed by atoms with E-state index in [-0.39, 0.29) is 10.9 Å². The number of hydrogen-bond donors (Lipinski definition) is 1. The van der Waals surface area contributed by atoms with Gasteiger partial charge in [-0.1, -0.05) is 35.9 Å². The molecule has 20 heavy (non-hydrogen) atoms. The van der Waals surface area contributed by atoms with Crippen LogP contribution < -0.4 is 5.73 Å². The van der Waals surface area contributed by atoms with Crippen molar-refractivity contribution in [2.24, 2.45) is 5.73 Å². The van der Waals surface area contributed by atoms with Crippen molar-refractivity contribution in [2.75, 3.05) is 6.26 Å². The van der Waals surface area contributed by atoms with Gasteiger partial charge < -0.3 is 5.73 Å². The first-order valence-electron chi connectivity index (χ1n) is 6.16. The molecule has 106 valence electrons. The van der Waals surface area contributed by atoms with Crippen LogP contribution in [-0.4, -0.2) is 14.7 Å². The van der Waals surface area contributed by atoms with E-state index in [9.17, 15) is 8.42 Å². The van der Waals surface area contributed by atoms with Crippen molar-refractivity contribution in [2.45, 2.75) is 17.4 Å². The lowest BCUT2D eigenvalue weighted by Crippen LogP contribution is -2.14. The van der Waals surface area contributed by atoms with Gasteiger partial charge in [-0.15, -0.1) is 0 Å². The van der Waals surface area contributed by atoms with Crippen molar-refractivity contribution in [1.29, 1.82) is 0 Å². The smallest absolute Gasteiger partial charge is 0.175 e. The van der Waals surface area contributed by atoms with E-state index in [1.165, 1.54) is 6.26 Å². The van der Waals surface area contributed by atoms with Crippen molar-refractivity contribution in [1.82, 2.24) is 0 Å². The number of hydrogen-bond acceptors (Lipinski definition) is 3. The van der Waals surface area contributed by atoms with Crippen molar-refractivity contribution in [3.05, 3.63) is 64.7 Å². The molecule has 2 aromatic rings. The summed E-state index contributed by atoms with van der Waals surface area (Å²) in [4.78, 5) is 0.288. The highest BCUT2D eigenvalue weighted by molar-refractivity contribution is 7.90. The zero-order valence-electron chi connectivity index (χ0n) is 11.1. The normalized spacial score (nSPS) is 13.2. The van der Waals surface area contributed by atoms with Gasteiger partial charge in [0.15, 0.2) is 9.84 Å². The van der Waals surface area contributed by atoms with Crippen LogP contribution in [0.1, 0.15) is 17.2 Å². The van der Waals surface area contributed by atoms with Crippen LogP contribution in [0.5, 0.6) is 0 Å². The quantitative estimate of drug-likeness (QED) is 0.944. The van der Waals surface area contributed by atoms with Crippen LogP contribution in [0.2, 0.25) is 5.02 Å². The predicted octanol–water partition coefficient (Wildman–Crippen LogP) is 2.99. The summed E-state index contributed by atoms with van der Waals surface area (Å²) in [5, 5.41) is 0.666. The Labute approximate surface area is 124 Å². The van der Waals surface area contributed by atoms with E-state index in [1.807, 2.05) is 24.3 Å². The summed E-state index contributed by atoms with van der Waals surface area (Å²) >= 11 is 5.94. The van der Waals surface area contributed by atoms with E-state index in [0.717, 1.165) is 11.1 Å². The highest BCUT2D eigenvalue weighted by Gasteiger charge is 2.12. The monoisotopic (exact) mass is 309 g/mol. The molecule has 0 fully saturated rings. The average molecular weight is 310 g/mol. The third kappa shape index (κ3) is 3.82. The second-order valence-electron chi connectivity index (χ2n) is 4.79. The van der Waals surface area contributed by atoms with Crippen molar-refractivity contribution in [3.63, 3.8) is 0 Å². The molecule has 0 amide bonds. The maximum absolute atomic E-state index is 11.6. The van der Waals surface area contributed by atoms with Crippen LogP contribution in [0.15, 0.2) is 53.4 Å². The lowest BCUT2D eigenvalue weighted by molar-refractivity contribution is 0.601. The summed E-state index contributed by atoms with van der Waals surface area (Å²) in [6, 6.07) is 14.0. The molecule has 0 saturated heterocycles. The molecule has 2 rings (SSSR count). The molecule has 1 unspecified atom stereocenters. The topological polar surface area (TPSA) is 60.2 Å².